The molecule has 2 rings (SSSR count). The zero-order valence-electron chi connectivity index (χ0n) is 11.0. The summed E-state index contributed by atoms with van der Waals surface area (Å²) in [6, 6.07) is 7.46. The van der Waals surface area contributed by atoms with Gasteiger partial charge in [-0.3, -0.25) is 0 Å². The van der Waals surface area contributed by atoms with E-state index in [1.165, 1.54) is 12.0 Å². The molecule has 0 bridgehead atoms. The molecular weight excluding hydrogens is 260 g/mol. The third-order valence-electron chi connectivity index (χ3n) is 2.87. The van der Waals surface area contributed by atoms with Crippen LogP contribution in [0.1, 0.15) is 26.5 Å². The molecule has 0 fully saturated rings. The van der Waals surface area contributed by atoms with Crippen molar-refractivity contribution in [1.29, 1.82) is 0 Å². The Kier molecular flexibility index (Phi) is 4.65. The molecule has 0 aliphatic rings. The maximum atomic E-state index is 11.6. The number of nitrogens with zero attached hydrogens (tertiary/aromatic N) is 1. The minimum atomic E-state index is -0.300. The Bertz CT molecular complexity index is 566. The van der Waals surface area contributed by atoms with E-state index in [4.69, 9.17) is 4.74 Å². The summed E-state index contributed by atoms with van der Waals surface area (Å²) in [6.07, 6.45) is 0. The third-order valence-corrected chi connectivity index (χ3v) is 3.80. The summed E-state index contributed by atoms with van der Waals surface area (Å²) in [6.45, 7) is 3.38. The van der Waals surface area contributed by atoms with Gasteiger partial charge in [-0.05, 0) is 18.6 Å². The first-order valence-electron chi connectivity index (χ1n) is 5.98. The number of ether oxygens (including phenoxy) is 1. The van der Waals surface area contributed by atoms with Gasteiger partial charge in [-0.15, -0.1) is 11.3 Å². The van der Waals surface area contributed by atoms with Crippen LogP contribution in [0.25, 0.3) is 0 Å². The van der Waals surface area contributed by atoms with E-state index in [9.17, 15) is 4.79 Å². The van der Waals surface area contributed by atoms with E-state index in [2.05, 4.69) is 10.3 Å². The molecule has 0 radical (unpaired) electrons. The van der Waals surface area contributed by atoms with Crippen LogP contribution in [0, 0.1) is 6.92 Å². The number of esters is 1. The zero-order valence-corrected chi connectivity index (χ0v) is 11.8. The average molecular weight is 276 g/mol. The van der Waals surface area contributed by atoms with Crippen LogP contribution in [-0.4, -0.2) is 18.1 Å². The van der Waals surface area contributed by atoms with Crippen molar-refractivity contribution in [2.45, 2.75) is 20.0 Å². The van der Waals surface area contributed by atoms with Gasteiger partial charge in [0.1, 0.15) is 0 Å². The number of methoxy groups -OCH3 is 1. The van der Waals surface area contributed by atoms with Gasteiger partial charge in [0, 0.05) is 18.0 Å². The molecular formula is C14H16N2O2S. The first-order valence-corrected chi connectivity index (χ1v) is 6.86. The second-order valence-electron chi connectivity index (χ2n) is 4.11. The van der Waals surface area contributed by atoms with Gasteiger partial charge < -0.3 is 10.1 Å². The molecule has 100 valence electrons. The Hall–Kier alpha value is -1.72. The molecule has 0 spiro atoms. The van der Waals surface area contributed by atoms with Crippen molar-refractivity contribution < 1.29 is 9.53 Å². The van der Waals surface area contributed by atoms with Crippen LogP contribution in [0.15, 0.2) is 29.8 Å². The van der Waals surface area contributed by atoms with Crippen LogP contribution >= 0.6 is 11.3 Å². The molecule has 0 aliphatic heterocycles. The molecule has 0 saturated heterocycles. The predicted octanol–water partition coefficient (Wildman–Crippen LogP) is 2.53. The lowest BCUT2D eigenvalue weighted by molar-refractivity contribution is 0.0599. The molecule has 1 aromatic carbocycles. The van der Waals surface area contributed by atoms with E-state index < -0.39 is 0 Å². The Balaban J connectivity index is 2.00. The first kappa shape index (κ1) is 13.7. The van der Waals surface area contributed by atoms with Gasteiger partial charge in [-0.2, -0.15) is 0 Å². The lowest BCUT2D eigenvalue weighted by Gasteiger charge is -2.08. The van der Waals surface area contributed by atoms with Crippen LogP contribution in [0.2, 0.25) is 0 Å². The molecule has 1 heterocycles. The van der Waals surface area contributed by atoms with Crippen LogP contribution in [-0.2, 0) is 17.8 Å². The second-order valence-corrected chi connectivity index (χ2v) is 5.05. The lowest BCUT2D eigenvalue weighted by atomic mass is 10.1. The Morgan fingerprint density at radius 2 is 2.16 bits per heavy atom. The topological polar surface area (TPSA) is 51.2 Å². The summed E-state index contributed by atoms with van der Waals surface area (Å²) in [5.74, 6) is -0.300. The maximum absolute atomic E-state index is 11.6. The van der Waals surface area contributed by atoms with E-state index in [1.54, 1.807) is 17.4 Å². The monoisotopic (exact) mass is 276 g/mol. The van der Waals surface area contributed by atoms with Crippen LogP contribution in [0.3, 0.4) is 0 Å². The van der Waals surface area contributed by atoms with Gasteiger partial charge >= 0.3 is 5.97 Å². The normalized spacial score (nSPS) is 10.4. The van der Waals surface area contributed by atoms with Crippen molar-refractivity contribution in [3.8, 4) is 0 Å². The summed E-state index contributed by atoms with van der Waals surface area (Å²) in [4.78, 5) is 17.0. The third kappa shape index (κ3) is 3.39. The van der Waals surface area contributed by atoms with Crippen molar-refractivity contribution >= 4 is 17.3 Å². The Morgan fingerprint density at radius 3 is 2.84 bits per heavy atom. The molecule has 0 aliphatic carbocycles. The number of hydrogen-bond acceptors (Lipinski definition) is 5. The van der Waals surface area contributed by atoms with Crippen molar-refractivity contribution in [3.05, 3.63) is 51.5 Å². The van der Waals surface area contributed by atoms with E-state index in [0.29, 0.717) is 12.1 Å². The second kappa shape index (κ2) is 6.45. The molecule has 4 nitrogen and oxygen atoms in total. The average Bonchev–Trinajstić information content (AvgIpc) is 2.84. The highest BCUT2D eigenvalue weighted by Crippen LogP contribution is 2.13. The van der Waals surface area contributed by atoms with Crippen LogP contribution < -0.4 is 5.32 Å². The maximum Gasteiger partial charge on any atom is 0.338 e. The minimum Gasteiger partial charge on any atom is -0.465 e. The summed E-state index contributed by atoms with van der Waals surface area (Å²) in [5.41, 5.74) is 4.45. The Labute approximate surface area is 116 Å². The summed E-state index contributed by atoms with van der Waals surface area (Å²) in [7, 11) is 1.40. The SMILES string of the molecule is COC(=O)c1ccccc1CNCc1scnc1C. The molecule has 1 N–H and O–H groups in total. The zero-order chi connectivity index (χ0) is 13.7. The standard InChI is InChI=1S/C14H16N2O2S/c1-10-13(19-9-16-10)8-15-7-11-5-3-4-6-12(11)14(17)18-2/h3-6,9,15H,7-8H2,1-2H3. The number of aryl methyl sites for hydroxylation is 1. The minimum absolute atomic E-state index is 0.300. The highest BCUT2D eigenvalue weighted by atomic mass is 32.1. The van der Waals surface area contributed by atoms with Gasteiger partial charge in [0.25, 0.3) is 0 Å². The van der Waals surface area contributed by atoms with Gasteiger partial charge in [-0.25, -0.2) is 9.78 Å². The van der Waals surface area contributed by atoms with Crippen molar-refractivity contribution in [1.82, 2.24) is 10.3 Å². The largest absolute Gasteiger partial charge is 0.465 e. The number of thiazole rings is 1. The number of carbonyl (C=O) groups excluding carboxylic acids is 1. The molecule has 0 unspecified atom stereocenters. The van der Waals surface area contributed by atoms with Gasteiger partial charge in [0.2, 0.25) is 0 Å². The Morgan fingerprint density at radius 1 is 1.37 bits per heavy atom. The number of hydrogen-bond donors (Lipinski definition) is 1. The number of carbonyl (C=O) groups is 1. The number of rotatable bonds is 5. The number of nitrogens with one attached hydrogen (secondary N) is 1. The fourth-order valence-corrected chi connectivity index (χ4v) is 2.54. The molecule has 0 amide bonds. The van der Waals surface area contributed by atoms with Crippen molar-refractivity contribution in [2.75, 3.05) is 7.11 Å². The van der Waals surface area contributed by atoms with Crippen molar-refractivity contribution in [3.63, 3.8) is 0 Å². The molecule has 1 aromatic heterocycles. The van der Waals surface area contributed by atoms with Gasteiger partial charge in [0.05, 0.1) is 23.9 Å². The van der Waals surface area contributed by atoms with Crippen LogP contribution in [0.4, 0.5) is 0 Å². The van der Waals surface area contributed by atoms with E-state index in [0.717, 1.165) is 17.8 Å². The summed E-state index contributed by atoms with van der Waals surface area (Å²) < 4.78 is 4.77. The smallest absolute Gasteiger partial charge is 0.338 e. The lowest BCUT2D eigenvalue weighted by Crippen LogP contribution is -2.15. The van der Waals surface area contributed by atoms with E-state index in [1.807, 2.05) is 30.6 Å². The highest BCUT2D eigenvalue weighted by molar-refractivity contribution is 7.09. The first-order chi connectivity index (χ1) is 9.22. The summed E-state index contributed by atoms with van der Waals surface area (Å²) >= 11 is 1.63. The van der Waals surface area contributed by atoms with E-state index >= 15 is 0 Å². The number of aromatic nitrogens is 1. The fraction of sp³-hybridized carbons (Fsp3) is 0.286. The van der Waals surface area contributed by atoms with Crippen molar-refractivity contribution in [2.24, 2.45) is 0 Å². The summed E-state index contributed by atoms with van der Waals surface area (Å²) in [5, 5.41) is 3.33. The molecule has 0 saturated carbocycles. The van der Waals surface area contributed by atoms with Gasteiger partial charge in [-0.1, -0.05) is 18.2 Å². The molecule has 5 heteroatoms. The number of benzene rings is 1. The quantitative estimate of drug-likeness (QED) is 0.853. The molecule has 0 atom stereocenters. The van der Waals surface area contributed by atoms with E-state index in [-0.39, 0.29) is 5.97 Å². The molecule has 19 heavy (non-hydrogen) atoms. The van der Waals surface area contributed by atoms with Crippen LogP contribution in [0.5, 0.6) is 0 Å². The highest BCUT2D eigenvalue weighted by Gasteiger charge is 2.10. The van der Waals surface area contributed by atoms with Gasteiger partial charge in [0.15, 0.2) is 0 Å². The predicted molar refractivity (Wildman–Crippen MR) is 75.2 cm³/mol. The molecule has 2 aromatic rings. The fourth-order valence-electron chi connectivity index (χ4n) is 1.79.